The van der Waals surface area contributed by atoms with Crippen molar-refractivity contribution in [1.29, 1.82) is 0 Å². The van der Waals surface area contributed by atoms with Gasteiger partial charge in [-0.15, -0.1) is 0 Å². The van der Waals surface area contributed by atoms with Gasteiger partial charge in [-0.05, 0) is 0 Å². The molecule has 0 aromatic heterocycles. The van der Waals surface area contributed by atoms with Crippen molar-refractivity contribution in [3.8, 4) is 0 Å². The number of hydrogen-bond donors (Lipinski definition) is 0. The van der Waals surface area contributed by atoms with Crippen LogP contribution < -0.4 is 0 Å². The molecule has 0 amide bonds. The van der Waals surface area contributed by atoms with Crippen molar-refractivity contribution in [1.82, 2.24) is 0 Å². The van der Waals surface area contributed by atoms with Crippen molar-refractivity contribution in [3.63, 3.8) is 0 Å². The van der Waals surface area contributed by atoms with Gasteiger partial charge in [-0.2, -0.15) is 0 Å². The molecular weight excluding hydrogens is 1050 g/mol. The maximum Gasteiger partial charge on any atom is 5.00 e. The summed E-state index contributed by atoms with van der Waals surface area (Å²) in [5.41, 5.74) is 0. The van der Waals surface area contributed by atoms with E-state index in [0.29, 0.717) is 0 Å². The molecule has 0 aliphatic rings. The molecule has 0 aliphatic heterocycles. The van der Waals surface area contributed by atoms with E-state index in [1.807, 2.05) is 0 Å². The molecule has 0 bridgehead atoms. The number of hydrogen-bond acceptors (Lipinski definition) is 0. The predicted octanol–water partition coefficient (Wildman–Crippen LogP) is -0.614. The van der Waals surface area contributed by atoms with Crippen LogP contribution in [0, 0.1) is 0 Å². The largest absolute Gasteiger partial charge is 5.00 e. The van der Waals surface area contributed by atoms with E-state index < -0.39 is 0 Å². The summed E-state index contributed by atoms with van der Waals surface area (Å²) in [7, 11) is 0. The van der Waals surface area contributed by atoms with Gasteiger partial charge in [0.2, 0.25) is 0 Å². The molecule has 0 saturated carbocycles. The number of rotatable bonds is 0. The molecule has 0 unspecified atom stereocenters. The van der Waals surface area contributed by atoms with Crippen molar-refractivity contribution in [2.45, 2.75) is 0 Å². The minimum Gasteiger partial charge on any atom is -2.00 e. The molecule has 0 aliphatic carbocycles. The molecule has 0 N–H and O–H groups in total. The normalized spacial score (nSPS) is 0. The minimum absolute atomic E-state index is 0. The average molecular weight is 1050 g/mol. The van der Waals surface area contributed by atoms with E-state index in [2.05, 4.69) is 0 Å². The fourth-order valence-corrected chi connectivity index (χ4v) is 0. The minimum atomic E-state index is 0. The van der Waals surface area contributed by atoms with E-state index >= 15 is 0 Å². The Morgan fingerprint density at radius 3 is 0.385 bits per heavy atom. The zero-order chi connectivity index (χ0) is 0. The van der Waals surface area contributed by atoms with Gasteiger partial charge in [0.25, 0.3) is 0 Å². The van der Waals surface area contributed by atoms with Crippen LogP contribution in [0.3, 0.4) is 0 Å². The van der Waals surface area contributed by atoms with Gasteiger partial charge in [0.05, 0.1) is 0 Å². The average Bonchev–Trinajstić information content (AvgIpc) is 0. The maximum absolute atomic E-state index is 0. The Hall–Kier alpha value is 4.74. The monoisotopic (exact) mass is 1050 g/mol. The second kappa shape index (κ2) is 185. The zero-order valence-electron chi connectivity index (χ0n) is 5.05. The Morgan fingerprint density at radius 1 is 0.385 bits per heavy atom. The van der Waals surface area contributed by atoms with E-state index in [-0.39, 0.29) is 183 Å². The van der Waals surface area contributed by atoms with Gasteiger partial charge in [0.1, 0.15) is 0 Å². The summed E-state index contributed by atoms with van der Waals surface area (Å²) < 4.78 is 0. The molecule has 0 rings (SSSR count). The second-order valence-corrected chi connectivity index (χ2v) is 0. The van der Waals surface area contributed by atoms with Gasteiger partial charge in [-0.25, -0.2) is 0 Å². The summed E-state index contributed by atoms with van der Waals surface area (Å²) in [6.45, 7) is 0. The molecule has 0 spiro atoms. The van der Waals surface area contributed by atoms with Gasteiger partial charge < -0.3 is 27.4 Å². The molecule has 0 fully saturated rings. The first-order valence-electron chi connectivity index (χ1n) is 0. The summed E-state index contributed by atoms with van der Waals surface area (Å²) in [6.07, 6.45) is 0. The predicted molar refractivity (Wildman–Crippen MR) is 3.43 cm³/mol. The first-order valence-corrected chi connectivity index (χ1v) is 0. The zero-order valence-corrected chi connectivity index (χ0v) is 20.7. The fourth-order valence-electron chi connectivity index (χ4n) is 0. The van der Waals surface area contributed by atoms with Crippen molar-refractivity contribution >= 4 is 0 Å². The van der Waals surface area contributed by atoms with E-state index in [1.165, 1.54) is 0 Å². The third-order valence-electron chi connectivity index (χ3n) is 0. The van der Waals surface area contributed by atoms with Crippen LogP contribution in [0.2, 0.25) is 0 Å². The standard InChI is InChI=1S/2Co.2Cr.5O.2Pt.2Ta/q;;;;5*-2;;;2*+5. The first kappa shape index (κ1) is 222. The summed E-state index contributed by atoms with van der Waals surface area (Å²) in [4.78, 5) is 0. The molecule has 0 atom stereocenters. The van der Waals surface area contributed by atoms with Gasteiger partial charge in [-0.3, -0.25) is 0 Å². The molecule has 2 radical (unpaired) electrons. The molecule has 0 heterocycles. The van der Waals surface area contributed by atoms with Gasteiger partial charge in [-0.1, -0.05) is 0 Å². The van der Waals surface area contributed by atoms with E-state index in [4.69, 9.17) is 0 Å². The first-order chi connectivity index (χ1) is 0. The van der Waals surface area contributed by atoms with Crippen molar-refractivity contribution in [2.75, 3.05) is 0 Å². The van der Waals surface area contributed by atoms with Crippen molar-refractivity contribution in [2.24, 2.45) is 0 Å². The Balaban J connectivity index is 0. The van der Waals surface area contributed by atoms with Crippen LogP contribution >= 0.6 is 0 Å². The molecule has 90 valence electrons. The fraction of sp³-hybridized carbons (Fsp3) is 0. The third-order valence-corrected chi connectivity index (χ3v) is 0. The smallest absolute Gasteiger partial charge is 2.00 e. The van der Waals surface area contributed by atoms with Crippen LogP contribution in [0.4, 0.5) is 0 Å². The Labute approximate surface area is 179 Å². The topological polar surface area (TPSA) is 142 Å². The molecular formula is Co2Cr2O5Pt2Ta2. The summed E-state index contributed by atoms with van der Waals surface area (Å²) >= 11 is 0. The Morgan fingerprint density at radius 2 is 0.385 bits per heavy atom. The second-order valence-electron chi connectivity index (χ2n) is 0. The van der Waals surface area contributed by atoms with Crippen LogP contribution in [0.1, 0.15) is 0 Å². The molecule has 13 heteroatoms. The summed E-state index contributed by atoms with van der Waals surface area (Å²) in [5, 5.41) is 0. The quantitative estimate of drug-likeness (QED) is 0.306. The van der Waals surface area contributed by atoms with Crippen LogP contribution in [-0.2, 0) is 183 Å². The Bertz CT molecular complexity index is 28.5. The Kier molecular flexibility index (Phi) is 3150. The van der Waals surface area contributed by atoms with Crippen LogP contribution in [0.5, 0.6) is 0 Å². The third kappa shape index (κ3) is 162. The van der Waals surface area contributed by atoms with Crippen LogP contribution in [-0.4, -0.2) is 0 Å². The molecule has 0 aromatic carbocycles. The van der Waals surface area contributed by atoms with Gasteiger partial charge in [0.15, 0.2) is 0 Å². The van der Waals surface area contributed by atoms with Crippen molar-refractivity contribution in [3.05, 3.63) is 0 Å². The SMILES string of the molecule is [Co].[Co].[Cr].[Cr].[O-2].[O-2].[O-2].[O-2].[O-2].[Pt].[Pt].[Ta+5].[Ta+5]. The van der Waals surface area contributed by atoms with E-state index in [0.717, 1.165) is 0 Å². The van der Waals surface area contributed by atoms with Crippen LogP contribution in [0.25, 0.3) is 0 Å². The van der Waals surface area contributed by atoms with Gasteiger partial charge >= 0.3 is 44.8 Å². The van der Waals surface area contributed by atoms with Crippen LogP contribution in [0.15, 0.2) is 0 Å². The van der Waals surface area contributed by atoms with Gasteiger partial charge in [0, 0.05) is 110 Å². The summed E-state index contributed by atoms with van der Waals surface area (Å²) in [6, 6.07) is 0. The van der Waals surface area contributed by atoms with E-state index in [9.17, 15) is 0 Å². The maximum atomic E-state index is 0. The summed E-state index contributed by atoms with van der Waals surface area (Å²) in [5.74, 6) is 0. The van der Waals surface area contributed by atoms with Crippen molar-refractivity contribution < 1.29 is 183 Å². The molecule has 5 nitrogen and oxygen atoms in total. The van der Waals surface area contributed by atoms with E-state index in [1.54, 1.807) is 0 Å². The molecule has 13 heavy (non-hydrogen) atoms. The molecule has 0 saturated heterocycles. The molecule has 0 aromatic rings.